The average Bonchev–Trinajstić information content (AvgIpc) is 2.15. The molecule has 1 amide bonds. The molecular weight excluding hydrogens is 172 g/mol. The van der Waals surface area contributed by atoms with Gasteiger partial charge in [0.15, 0.2) is 0 Å². The Bertz CT molecular complexity index is 144. The fourth-order valence-corrected chi connectivity index (χ4v) is 0.971. The predicted molar refractivity (Wildman–Crippen MR) is 41.1 cm³/mol. The summed E-state index contributed by atoms with van der Waals surface area (Å²) in [6.45, 7) is 0.971. The van der Waals surface area contributed by atoms with Crippen LogP contribution in [0.5, 0.6) is 0 Å². The first-order valence-electron chi connectivity index (χ1n) is 3.08. The summed E-state index contributed by atoms with van der Waals surface area (Å²) in [5, 5.41) is 22.3. The predicted octanol–water partition coefficient (Wildman–Crippen LogP) is -0.992. The molecule has 1 aliphatic heterocycles. The van der Waals surface area contributed by atoms with Gasteiger partial charge in [-0.05, 0) is 0 Å². The molecule has 66 valence electrons. The van der Waals surface area contributed by atoms with Gasteiger partial charge >= 0.3 is 6.09 Å². The van der Waals surface area contributed by atoms with Crippen molar-refractivity contribution in [3.8, 4) is 0 Å². The number of nitrogens with one attached hydrogen (secondary N) is 2. The fraction of sp³-hybridized carbons (Fsp3) is 0.800. The quantitative estimate of drug-likeness (QED) is 0.420. The molecule has 0 saturated carbocycles. The smallest absolute Gasteiger partial charge is 0.405 e. The first-order valence-corrected chi connectivity index (χ1v) is 3.08. The van der Waals surface area contributed by atoms with E-state index in [1.54, 1.807) is 0 Å². The van der Waals surface area contributed by atoms with Crippen LogP contribution in [0.2, 0.25) is 0 Å². The number of rotatable bonds is 1. The largest absolute Gasteiger partial charge is 0.465 e. The van der Waals surface area contributed by atoms with Crippen molar-refractivity contribution in [2.75, 3.05) is 13.1 Å². The summed E-state index contributed by atoms with van der Waals surface area (Å²) in [6.07, 6.45) is -1.68. The van der Waals surface area contributed by atoms with Crippen molar-refractivity contribution < 1.29 is 15.0 Å². The summed E-state index contributed by atoms with van der Waals surface area (Å²) < 4.78 is 0. The molecule has 1 saturated heterocycles. The van der Waals surface area contributed by atoms with E-state index in [0.717, 1.165) is 0 Å². The summed E-state index contributed by atoms with van der Waals surface area (Å²) >= 11 is 0. The maximum atomic E-state index is 10.1. The zero-order valence-corrected chi connectivity index (χ0v) is 6.60. The lowest BCUT2D eigenvalue weighted by Crippen LogP contribution is -2.41. The van der Waals surface area contributed by atoms with Crippen LogP contribution in [-0.4, -0.2) is 41.5 Å². The van der Waals surface area contributed by atoms with Crippen molar-refractivity contribution in [2.24, 2.45) is 0 Å². The van der Waals surface area contributed by atoms with Gasteiger partial charge in [-0.25, -0.2) is 4.79 Å². The molecule has 11 heavy (non-hydrogen) atoms. The van der Waals surface area contributed by atoms with Crippen LogP contribution in [0.15, 0.2) is 0 Å². The molecule has 0 unspecified atom stereocenters. The summed E-state index contributed by atoms with van der Waals surface area (Å²) in [4.78, 5) is 10.1. The SMILES string of the molecule is Cl.O=C(O)N[C@@H]1CNC[C@@H]1O. The van der Waals surface area contributed by atoms with Gasteiger partial charge in [-0.1, -0.05) is 0 Å². The molecule has 6 heteroatoms. The summed E-state index contributed by atoms with van der Waals surface area (Å²) in [7, 11) is 0. The highest BCUT2D eigenvalue weighted by Gasteiger charge is 2.25. The molecule has 0 radical (unpaired) electrons. The number of halogens is 1. The zero-order chi connectivity index (χ0) is 7.56. The maximum Gasteiger partial charge on any atom is 0.405 e. The van der Waals surface area contributed by atoms with E-state index < -0.39 is 12.2 Å². The van der Waals surface area contributed by atoms with Crippen LogP contribution < -0.4 is 10.6 Å². The molecule has 0 aromatic heterocycles. The standard InChI is InChI=1S/C5H10N2O3.ClH/c8-4-2-6-1-3(4)7-5(9)10;/h3-4,6-8H,1-2H2,(H,9,10);1H/t3-,4+;/m1./s1. The molecule has 2 atom stereocenters. The molecule has 1 heterocycles. The number of carboxylic acid groups (broad SMARTS) is 1. The van der Waals surface area contributed by atoms with Crippen molar-refractivity contribution in [3.05, 3.63) is 0 Å². The minimum atomic E-state index is -1.09. The van der Waals surface area contributed by atoms with Crippen LogP contribution in [0.1, 0.15) is 0 Å². The lowest BCUT2D eigenvalue weighted by Gasteiger charge is -2.11. The topological polar surface area (TPSA) is 81.6 Å². The molecule has 0 aliphatic carbocycles. The van der Waals surface area contributed by atoms with Crippen molar-refractivity contribution in [2.45, 2.75) is 12.1 Å². The van der Waals surface area contributed by atoms with E-state index in [1.165, 1.54) is 0 Å². The Morgan fingerprint density at radius 3 is 2.55 bits per heavy atom. The van der Waals surface area contributed by atoms with E-state index >= 15 is 0 Å². The molecule has 0 aromatic carbocycles. The highest BCUT2D eigenvalue weighted by Crippen LogP contribution is 1.97. The van der Waals surface area contributed by atoms with Crippen molar-refractivity contribution >= 4 is 18.5 Å². The van der Waals surface area contributed by atoms with E-state index in [9.17, 15) is 4.79 Å². The van der Waals surface area contributed by atoms with Gasteiger partial charge < -0.3 is 20.8 Å². The van der Waals surface area contributed by atoms with E-state index in [2.05, 4.69) is 10.6 Å². The van der Waals surface area contributed by atoms with Gasteiger partial charge in [0.1, 0.15) is 0 Å². The van der Waals surface area contributed by atoms with Crippen molar-refractivity contribution in [1.29, 1.82) is 0 Å². The minimum absolute atomic E-state index is 0. The van der Waals surface area contributed by atoms with E-state index in [1.807, 2.05) is 0 Å². The Balaban J connectivity index is 0.000001000. The summed E-state index contributed by atoms with van der Waals surface area (Å²) in [5.41, 5.74) is 0. The Hall–Kier alpha value is -0.520. The number of aliphatic hydroxyl groups is 1. The molecular formula is C5H11ClN2O3. The van der Waals surface area contributed by atoms with Crippen LogP contribution >= 0.6 is 12.4 Å². The fourth-order valence-electron chi connectivity index (χ4n) is 0.971. The van der Waals surface area contributed by atoms with Gasteiger partial charge in [0.05, 0.1) is 12.1 Å². The third-order valence-electron chi connectivity index (χ3n) is 1.49. The molecule has 1 fully saturated rings. The number of amides is 1. The van der Waals surface area contributed by atoms with E-state index in [4.69, 9.17) is 10.2 Å². The molecule has 0 bridgehead atoms. The Morgan fingerprint density at radius 1 is 1.55 bits per heavy atom. The average molecular weight is 183 g/mol. The third-order valence-corrected chi connectivity index (χ3v) is 1.49. The monoisotopic (exact) mass is 182 g/mol. The van der Waals surface area contributed by atoms with Crippen LogP contribution in [0.25, 0.3) is 0 Å². The number of β-amino-alcohol motifs (C(OH)–C–C–N with tert-alkyl or cyclic N) is 1. The van der Waals surface area contributed by atoms with Gasteiger partial charge in [0.2, 0.25) is 0 Å². The van der Waals surface area contributed by atoms with Crippen LogP contribution in [0.4, 0.5) is 4.79 Å². The van der Waals surface area contributed by atoms with Crippen LogP contribution in [-0.2, 0) is 0 Å². The molecule has 4 N–H and O–H groups in total. The molecule has 1 aliphatic rings. The second-order valence-corrected chi connectivity index (χ2v) is 2.28. The van der Waals surface area contributed by atoms with Crippen molar-refractivity contribution in [3.63, 3.8) is 0 Å². The summed E-state index contributed by atoms with van der Waals surface area (Å²) in [5.74, 6) is 0. The Morgan fingerprint density at radius 2 is 2.18 bits per heavy atom. The molecule has 1 rings (SSSR count). The Labute approximate surface area is 70.2 Å². The lowest BCUT2D eigenvalue weighted by atomic mass is 10.2. The number of hydrogen-bond donors (Lipinski definition) is 4. The van der Waals surface area contributed by atoms with Crippen molar-refractivity contribution in [1.82, 2.24) is 10.6 Å². The lowest BCUT2D eigenvalue weighted by molar-refractivity contribution is 0.148. The Kier molecular flexibility index (Phi) is 4.17. The first kappa shape index (κ1) is 10.5. The van der Waals surface area contributed by atoms with Gasteiger partial charge in [-0.2, -0.15) is 0 Å². The van der Waals surface area contributed by atoms with Crippen LogP contribution in [0.3, 0.4) is 0 Å². The third kappa shape index (κ3) is 2.92. The van der Waals surface area contributed by atoms with E-state index in [0.29, 0.717) is 13.1 Å². The van der Waals surface area contributed by atoms with E-state index in [-0.39, 0.29) is 18.4 Å². The maximum absolute atomic E-state index is 10.1. The molecule has 0 aromatic rings. The zero-order valence-electron chi connectivity index (χ0n) is 5.78. The summed E-state index contributed by atoms with van der Waals surface area (Å²) in [6, 6.07) is -0.350. The molecule has 0 spiro atoms. The second kappa shape index (κ2) is 4.38. The molecule has 5 nitrogen and oxygen atoms in total. The van der Waals surface area contributed by atoms with Gasteiger partial charge in [0, 0.05) is 13.1 Å². The normalized spacial score (nSPS) is 29.2. The minimum Gasteiger partial charge on any atom is -0.465 e. The highest BCUT2D eigenvalue weighted by molar-refractivity contribution is 5.85. The second-order valence-electron chi connectivity index (χ2n) is 2.28. The van der Waals surface area contributed by atoms with Gasteiger partial charge in [0.25, 0.3) is 0 Å². The first-order chi connectivity index (χ1) is 4.70. The van der Waals surface area contributed by atoms with Gasteiger partial charge in [-0.3, -0.25) is 0 Å². The number of hydrogen-bond acceptors (Lipinski definition) is 3. The van der Waals surface area contributed by atoms with Gasteiger partial charge in [-0.15, -0.1) is 12.4 Å². The highest BCUT2D eigenvalue weighted by atomic mass is 35.5. The number of aliphatic hydroxyl groups excluding tert-OH is 1. The van der Waals surface area contributed by atoms with Crippen LogP contribution in [0, 0.1) is 0 Å². The number of carbonyl (C=O) groups is 1.